The summed E-state index contributed by atoms with van der Waals surface area (Å²) >= 11 is 0. The maximum Gasteiger partial charge on any atom is 0.163 e. The molecule has 1 saturated heterocycles. The number of hydrogen-bond acceptors (Lipinski definition) is 4. The quantitative estimate of drug-likeness (QED) is 0.890. The zero-order chi connectivity index (χ0) is 13.9. The summed E-state index contributed by atoms with van der Waals surface area (Å²) < 4.78 is 24.1. The van der Waals surface area contributed by atoms with E-state index in [9.17, 15) is 4.39 Å². The van der Waals surface area contributed by atoms with Gasteiger partial charge in [-0.25, -0.2) is 4.39 Å². The number of rotatable bonds is 5. The second-order valence-electron chi connectivity index (χ2n) is 5.22. The van der Waals surface area contributed by atoms with Crippen LogP contribution in [0.15, 0.2) is 18.3 Å². The maximum atomic E-state index is 12.9. The van der Waals surface area contributed by atoms with Crippen LogP contribution in [0.3, 0.4) is 0 Å². The second-order valence-corrected chi connectivity index (χ2v) is 5.22. The van der Waals surface area contributed by atoms with Crippen LogP contribution in [0.5, 0.6) is 0 Å². The van der Waals surface area contributed by atoms with Crippen molar-refractivity contribution in [3.8, 4) is 0 Å². The number of pyridine rings is 1. The number of halogens is 1. The Bertz CT molecular complexity index is 408. The molecule has 2 heterocycles. The Morgan fingerprint density at radius 1 is 1.53 bits per heavy atom. The lowest BCUT2D eigenvalue weighted by Crippen LogP contribution is -2.33. The molecule has 1 aliphatic rings. The monoisotopic (exact) mass is 268 g/mol. The molecule has 0 spiro atoms. The smallest absolute Gasteiger partial charge is 0.163 e. The molecular formula is C14H21FN2O2. The molecule has 1 aromatic heterocycles. The highest BCUT2D eigenvalue weighted by Crippen LogP contribution is 2.22. The maximum absolute atomic E-state index is 12.9. The highest BCUT2D eigenvalue weighted by molar-refractivity contribution is 5.09. The summed E-state index contributed by atoms with van der Waals surface area (Å²) in [6, 6.07) is 3.25. The van der Waals surface area contributed by atoms with E-state index in [1.54, 1.807) is 6.07 Å². The van der Waals surface area contributed by atoms with E-state index in [0.717, 1.165) is 12.1 Å². The summed E-state index contributed by atoms with van der Waals surface area (Å²) in [5.74, 6) is -0.810. The van der Waals surface area contributed by atoms with Gasteiger partial charge in [0.15, 0.2) is 5.79 Å². The number of hydrogen-bond donors (Lipinski definition) is 1. The van der Waals surface area contributed by atoms with Gasteiger partial charge in [0.1, 0.15) is 5.82 Å². The Morgan fingerprint density at radius 2 is 2.32 bits per heavy atom. The Balaban J connectivity index is 1.88. The molecule has 5 heteroatoms. The molecule has 1 fully saturated rings. The molecule has 0 amide bonds. The molecule has 0 saturated carbocycles. The van der Waals surface area contributed by atoms with Gasteiger partial charge in [-0.05, 0) is 32.4 Å². The Morgan fingerprint density at radius 3 is 2.84 bits per heavy atom. The van der Waals surface area contributed by atoms with Gasteiger partial charge in [-0.1, -0.05) is 6.92 Å². The molecule has 4 nitrogen and oxygen atoms in total. The van der Waals surface area contributed by atoms with Crippen LogP contribution in [0, 0.1) is 5.82 Å². The standard InChI is InChI=1S/C14H21FN2O2/c1-4-12(13-6-5-10(15)7-16-13)17-8-11-9-18-14(2,3)19-11/h5-7,11-12,17H,4,8-9H2,1-3H3. The summed E-state index contributed by atoms with van der Waals surface area (Å²) in [6.07, 6.45) is 2.18. The van der Waals surface area contributed by atoms with E-state index >= 15 is 0 Å². The number of ether oxygens (including phenoxy) is 2. The number of nitrogens with zero attached hydrogens (tertiary/aromatic N) is 1. The first-order valence-electron chi connectivity index (χ1n) is 6.67. The third kappa shape index (κ3) is 3.96. The van der Waals surface area contributed by atoms with Crippen molar-refractivity contribution < 1.29 is 13.9 Å². The number of aromatic nitrogens is 1. The molecule has 2 unspecified atom stereocenters. The van der Waals surface area contributed by atoms with Crippen LogP contribution < -0.4 is 5.32 Å². The summed E-state index contributed by atoms with van der Waals surface area (Å²) in [5.41, 5.74) is 0.849. The first kappa shape index (κ1) is 14.4. The van der Waals surface area contributed by atoms with Crippen LogP contribution in [0.2, 0.25) is 0 Å². The zero-order valence-electron chi connectivity index (χ0n) is 11.6. The Labute approximate surface area is 113 Å². The van der Waals surface area contributed by atoms with E-state index in [-0.39, 0.29) is 18.0 Å². The topological polar surface area (TPSA) is 43.4 Å². The van der Waals surface area contributed by atoms with Crippen molar-refractivity contribution in [2.75, 3.05) is 13.2 Å². The minimum Gasteiger partial charge on any atom is -0.348 e. The van der Waals surface area contributed by atoms with Crippen molar-refractivity contribution >= 4 is 0 Å². The molecule has 1 aromatic rings. The largest absolute Gasteiger partial charge is 0.348 e. The first-order chi connectivity index (χ1) is 9.00. The molecule has 0 aliphatic carbocycles. The van der Waals surface area contributed by atoms with Crippen LogP contribution in [0.4, 0.5) is 4.39 Å². The summed E-state index contributed by atoms with van der Waals surface area (Å²) in [4.78, 5) is 4.11. The SMILES string of the molecule is CCC(NCC1COC(C)(C)O1)c1ccc(F)cn1. The van der Waals surface area contributed by atoms with Gasteiger partial charge in [0.25, 0.3) is 0 Å². The van der Waals surface area contributed by atoms with Crippen LogP contribution in [-0.4, -0.2) is 30.0 Å². The van der Waals surface area contributed by atoms with E-state index < -0.39 is 5.79 Å². The van der Waals surface area contributed by atoms with Crippen molar-refractivity contribution in [2.45, 2.75) is 45.1 Å². The molecular weight excluding hydrogens is 247 g/mol. The van der Waals surface area contributed by atoms with E-state index in [1.807, 2.05) is 13.8 Å². The van der Waals surface area contributed by atoms with E-state index in [0.29, 0.717) is 13.2 Å². The lowest BCUT2D eigenvalue weighted by atomic mass is 10.1. The molecule has 0 bridgehead atoms. The predicted molar refractivity (Wildman–Crippen MR) is 70.1 cm³/mol. The third-order valence-corrected chi connectivity index (χ3v) is 3.17. The minimum atomic E-state index is -0.498. The van der Waals surface area contributed by atoms with Gasteiger partial charge in [-0.2, -0.15) is 0 Å². The van der Waals surface area contributed by atoms with Gasteiger partial charge in [0.2, 0.25) is 0 Å². The molecule has 0 aromatic carbocycles. The van der Waals surface area contributed by atoms with Crippen LogP contribution in [-0.2, 0) is 9.47 Å². The van der Waals surface area contributed by atoms with Gasteiger partial charge in [-0.15, -0.1) is 0 Å². The normalized spacial score (nSPS) is 23.5. The average molecular weight is 268 g/mol. The summed E-state index contributed by atoms with van der Waals surface area (Å²) in [7, 11) is 0. The van der Waals surface area contributed by atoms with Gasteiger partial charge in [0, 0.05) is 12.6 Å². The van der Waals surface area contributed by atoms with Crippen molar-refractivity contribution in [3.63, 3.8) is 0 Å². The lowest BCUT2D eigenvalue weighted by molar-refractivity contribution is -0.137. The van der Waals surface area contributed by atoms with Crippen LogP contribution in [0.1, 0.15) is 38.9 Å². The van der Waals surface area contributed by atoms with E-state index in [4.69, 9.17) is 9.47 Å². The van der Waals surface area contributed by atoms with Crippen LogP contribution >= 0.6 is 0 Å². The number of nitrogens with one attached hydrogen (secondary N) is 1. The van der Waals surface area contributed by atoms with Gasteiger partial charge >= 0.3 is 0 Å². The first-order valence-corrected chi connectivity index (χ1v) is 6.67. The minimum absolute atomic E-state index is 0.0458. The van der Waals surface area contributed by atoms with Gasteiger partial charge in [-0.3, -0.25) is 4.98 Å². The van der Waals surface area contributed by atoms with Crippen molar-refractivity contribution in [3.05, 3.63) is 29.8 Å². The van der Waals surface area contributed by atoms with E-state index in [1.165, 1.54) is 12.3 Å². The van der Waals surface area contributed by atoms with Gasteiger partial charge < -0.3 is 14.8 Å². The average Bonchev–Trinajstić information content (AvgIpc) is 2.72. The van der Waals surface area contributed by atoms with Crippen molar-refractivity contribution in [1.29, 1.82) is 0 Å². The second kappa shape index (κ2) is 5.94. The Kier molecular flexibility index (Phi) is 4.50. The highest BCUT2D eigenvalue weighted by Gasteiger charge is 2.32. The van der Waals surface area contributed by atoms with E-state index in [2.05, 4.69) is 17.2 Å². The highest BCUT2D eigenvalue weighted by atomic mass is 19.1. The molecule has 1 N–H and O–H groups in total. The zero-order valence-corrected chi connectivity index (χ0v) is 11.6. The van der Waals surface area contributed by atoms with Crippen molar-refractivity contribution in [1.82, 2.24) is 10.3 Å². The molecule has 1 aliphatic heterocycles. The molecule has 19 heavy (non-hydrogen) atoms. The fourth-order valence-corrected chi connectivity index (χ4v) is 2.19. The summed E-state index contributed by atoms with van der Waals surface area (Å²) in [6.45, 7) is 7.17. The third-order valence-electron chi connectivity index (χ3n) is 3.17. The molecule has 2 rings (SSSR count). The Hall–Kier alpha value is -1.04. The molecule has 0 radical (unpaired) electrons. The molecule has 106 valence electrons. The molecule has 2 atom stereocenters. The fraction of sp³-hybridized carbons (Fsp3) is 0.643. The van der Waals surface area contributed by atoms with Crippen LogP contribution in [0.25, 0.3) is 0 Å². The summed E-state index contributed by atoms with van der Waals surface area (Å²) in [5, 5.41) is 3.39. The fourth-order valence-electron chi connectivity index (χ4n) is 2.19. The lowest BCUT2D eigenvalue weighted by Gasteiger charge is -2.20. The van der Waals surface area contributed by atoms with Gasteiger partial charge in [0.05, 0.1) is 24.6 Å². The predicted octanol–water partition coefficient (Wildman–Crippen LogP) is 2.41. The van der Waals surface area contributed by atoms with Crippen molar-refractivity contribution in [2.24, 2.45) is 0 Å².